The Balaban J connectivity index is 1.53. The monoisotopic (exact) mass is 533 g/mol. The smallest absolute Gasteiger partial charge is 0.232 e. The molecule has 2 N–H and O–H groups in total. The molecule has 0 radical (unpaired) electrons. The zero-order valence-electron chi connectivity index (χ0n) is 20.5. The van der Waals surface area contributed by atoms with Crippen LogP contribution in [0, 0.1) is 5.82 Å². The number of likely N-dealkylation sites (N-methyl/N-ethyl adjacent to an activating group) is 1. The molecule has 0 saturated carbocycles. The van der Waals surface area contributed by atoms with E-state index in [9.17, 15) is 12.8 Å². The Hall–Kier alpha value is -3.15. The van der Waals surface area contributed by atoms with E-state index in [1.54, 1.807) is 36.4 Å². The summed E-state index contributed by atoms with van der Waals surface area (Å²) in [5.41, 5.74) is 1.98. The summed E-state index contributed by atoms with van der Waals surface area (Å²) in [7, 11) is 2.06. The lowest BCUT2D eigenvalue weighted by Crippen LogP contribution is -2.31. The highest BCUT2D eigenvalue weighted by molar-refractivity contribution is 7.92. The van der Waals surface area contributed by atoms with Gasteiger partial charge in [-0.25, -0.2) is 17.8 Å². The largest absolute Gasteiger partial charge is 0.368 e. The molecule has 1 aliphatic rings. The second-order valence-corrected chi connectivity index (χ2v) is 11.3. The number of hydrogen-bond donors (Lipinski definition) is 2. The number of nitrogens with one attached hydrogen (secondary N) is 2. The lowest BCUT2D eigenvalue weighted by molar-refractivity contribution is 0.315. The van der Waals surface area contributed by atoms with Crippen LogP contribution in [0.3, 0.4) is 0 Å². The zero-order valence-corrected chi connectivity index (χ0v) is 22.1. The predicted molar refractivity (Wildman–Crippen MR) is 144 cm³/mol. The van der Waals surface area contributed by atoms with Crippen molar-refractivity contribution in [2.24, 2.45) is 0 Å². The quantitative estimate of drug-likeness (QED) is 0.443. The number of halogens is 2. The Morgan fingerprint density at radius 1 is 1.14 bits per heavy atom. The maximum atomic E-state index is 15.0. The van der Waals surface area contributed by atoms with Gasteiger partial charge >= 0.3 is 0 Å². The van der Waals surface area contributed by atoms with E-state index in [1.807, 2.05) is 14.1 Å². The van der Waals surface area contributed by atoms with Crippen LogP contribution in [0.15, 0.2) is 48.7 Å². The van der Waals surface area contributed by atoms with E-state index < -0.39 is 10.0 Å². The van der Waals surface area contributed by atoms with E-state index in [0.717, 1.165) is 30.1 Å². The fraction of sp³-hybridized carbons (Fsp3) is 0.333. The highest BCUT2D eigenvalue weighted by Crippen LogP contribution is 2.32. The SMILES string of the molecule is CN(C)[C@@H]1CCN(c2ccc(Nc3ncc(Cl)c(Nc4ccccc4N(C)S(C)(=O)=O)n3)cc2F)C1. The Bertz CT molecular complexity index is 1360. The first-order chi connectivity index (χ1) is 17.0. The second-order valence-electron chi connectivity index (χ2n) is 8.91. The number of benzene rings is 2. The molecule has 0 unspecified atom stereocenters. The molecule has 1 atom stereocenters. The van der Waals surface area contributed by atoms with Gasteiger partial charge in [-0.1, -0.05) is 23.7 Å². The van der Waals surface area contributed by atoms with E-state index in [0.29, 0.717) is 28.8 Å². The van der Waals surface area contributed by atoms with Gasteiger partial charge in [-0.2, -0.15) is 4.98 Å². The van der Waals surface area contributed by atoms with Crippen molar-refractivity contribution in [3.05, 3.63) is 59.5 Å². The minimum absolute atomic E-state index is 0.205. The number of para-hydroxylation sites is 2. The molecule has 2 heterocycles. The lowest BCUT2D eigenvalue weighted by Gasteiger charge is -2.22. The molecule has 0 aliphatic carbocycles. The van der Waals surface area contributed by atoms with Gasteiger partial charge in [-0.15, -0.1) is 0 Å². The van der Waals surface area contributed by atoms with Gasteiger partial charge < -0.3 is 20.4 Å². The lowest BCUT2D eigenvalue weighted by atomic mass is 10.2. The molecule has 36 heavy (non-hydrogen) atoms. The summed E-state index contributed by atoms with van der Waals surface area (Å²) in [5, 5.41) is 6.33. The van der Waals surface area contributed by atoms with E-state index >= 15 is 0 Å². The maximum Gasteiger partial charge on any atom is 0.232 e. The summed E-state index contributed by atoms with van der Waals surface area (Å²) in [4.78, 5) is 12.8. The van der Waals surface area contributed by atoms with E-state index in [-0.39, 0.29) is 22.6 Å². The zero-order chi connectivity index (χ0) is 26.0. The molecule has 4 rings (SSSR count). The Kier molecular flexibility index (Phi) is 7.53. The summed E-state index contributed by atoms with van der Waals surface area (Å²) in [6, 6.07) is 12.2. The normalized spacial score (nSPS) is 15.9. The van der Waals surface area contributed by atoms with Gasteiger partial charge in [0.2, 0.25) is 16.0 Å². The molecule has 1 fully saturated rings. The van der Waals surface area contributed by atoms with Crippen molar-refractivity contribution >= 4 is 56.1 Å². The summed E-state index contributed by atoms with van der Waals surface area (Å²) in [6.07, 6.45) is 3.53. The molecule has 0 amide bonds. The summed E-state index contributed by atoms with van der Waals surface area (Å²) >= 11 is 6.31. The first kappa shape index (κ1) is 25.9. The number of aromatic nitrogens is 2. The van der Waals surface area contributed by atoms with Crippen LogP contribution >= 0.6 is 11.6 Å². The van der Waals surface area contributed by atoms with Crippen LogP contribution in [0.5, 0.6) is 0 Å². The molecular formula is C24H29ClFN7O2S. The number of hydrogen-bond acceptors (Lipinski definition) is 8. The standard InChI is InChI=1S/C24H29ClFN7O2S/c1-31(2)17-11-12-33(15-17)21-10-9-16(13-19(21)26)28-24-27-14-18(25)23(30-24)29-20-7-5-6-8-22(20)32(3)36(4,34)35/h5-10,13-14,17H,11-12,15H2,1-4H3,(H2,27,28,29,30)/t17-/m1/s1. The van der Waals surface area contributed by atoms with Crippen LogP contribution in [0.2, 0.25) is 5.02 Å². The van der Waals surface area contributed by atoms with Gasteiger partial charge in [0.15, 0.2) is 5.82 Å². The molecule has 1 saturated heterocycles. The minimum Gasteiger partial charge on any atom is -0.368 e. The summed E-state index contributed by atoms with van der Waals surface area (Å²) in [6.45, 7) is 1.58. The molecular weight excluding hydrogens is 505 g/mol. The highest BCUT2D eigenvalue weighted by atomic mass is 35.5. The van der Waals surface area contributed by atoms with E-state index in [1.165, 1.54) is 19.3 Å². The van der Waals surface area contributed by atoms with Crippen molar-refractivity contribution < 1.29 is 12.8 Å². The van der Waals surface area contributed by atoms with Gasteiger partial charge in [-0.3, -0.25) is 4.31 Å². The molecule has 9 nitrogen and oxygen atoms in total. The van der Waals surface area contributed by atoms with Crippen molar-refractivity contribution in [1.82, 2.24) is 14.9 Å². The molecule has 3 aromatic rings. The minimum atomic E-state index is -3.48. The first-order valence-electron chi connectivity index (χ1n) is 11.3. The third-order valence-electron chi connectivity index (χ3n) is 6.18. The molecule has 2 aromatic carbocycles. The van der Waals surface area contributed by atoms with Gasteiger partial charge in [-0.05, 0) is 50.8 Å². The van der Waals surface area contributed by atoms with Crippen LogP contribution in [0.1, 0.15) is 6.42 Å². The Morgan fingerprint density at radius 2 is 1.89 bits per heavy atom. The second kappa shape index (κ2) is 10.5. The van der Waals surface area contributed by atoms with E-state index in [4.69, 9.17) is 11.6 Å². The topological polar surface area (TPSA) is 93.7 Å². The van der Waals surface area contributed by atoms with E-state index in [2.05, 4.69) is 30.4 Å². The van der Waals surface area contributed by atoms with Gasteiger partial charge in [0.25, 0.3) is 0 Å². The van der Waals surface area contributed by atoms with Crippen molar-refractivity contribution in [3.63, 3.8) is 0 Å². The molecule has 192 valence electrons. The average molecular weight is 534 g/mol. The van der Waals surface area contributed by atoms with Gasteiger partial charge in [0.1, 0.15) is 10.8 Å². The van der Waals surface area contributed by atoms with Crippen LogP contribution in [0.25, 0.3) is 0 Å². The van der Waals surface area contributed by atoms with Crippen molar-refractivity contribution in [1.29, 1.82) is 0 Å². The van der Waals surface area contributed by atoms with Crippen molar-refractivity contribution in [2.45, 2.75) is 12.5 Å². The van der Waals surface area contributed by atoms with Crippen LogP contribution < -0.4 is 19.8 Å². The van der Waals surface area contributed by atoms with Crippen LogP contribution in [-0.4, -0.2) is 69.8 Å². The predicted octanol–water partition coefficient (Wildman–Crippen LogP) is 4.29. The Morgan fingerprint density at radius 3 is 2.56 bits per heavy atom. The Labute approximate surface area is 216 Å². The average Bonchev–Trinajstić information content (AvgIpc) is 3.31. The highest BCUT2D eigenvalue weighted by Gasteiger charge is 2.26. The van der Waals surface area contributed by atoms with Crippen LogP contribution in [-0.2, 0) is 10.0 Å². The summed E-state index contributed by atoms with van der Waals surface area (Å²) < 4.78 is 40.2. The third-order valence-corrected chi connectivity index (χ3v) is 7.64. The molecule has 12 heteroatoms. The van der Waals surface area contributed by atoms with Crippen molar-refractivity contribution in [3.8, 4) is 0 Å². The number of anilines is 6. The number of sulfonamides is 1. The third kappa shape index (κ3) is 5.80. The molecule has 1 aromatic heterocycles. The van der Waals surface area contributed by atoms with Gasteiger partial charge in [0.05, 0.1) is 29.5 Å². The fourth-order valence-electron chi connectivity index (χ4n) is 4.03. The maximum absolute atomic E-state index is 15.0. The molecule has 0 bridgehead atoms. The van der Waals surface area contributed by atoms with Gasteiger partial charge in [0, 0.05) is 31.9 Å². The number of nitrogens with zero attached hydrogens (tertiary/aromatic N) is 5. The van der Waals surface area contributed by atoms with Crippen molar-refractivity contribution in [2.75, 3.05) is 60.3 Å². The van der Waals surface area contributed by atoms with Crippen LogP contribution in [0.4, 0.5) is 38.9 Å². The first-order valence-corrected chi connectivity index (χ1v) is 13.6. The molecule has 0 spiro atoms. The number of rotatable bonds is 8. The molecule has 1 aliphatic heterocycles. The fourth-order valence-corrected chi connectivity index (χ4v) is 4.68. The summed E-state index contributed by atoms with van der Waals surface area (Å²) in [5.74, 6) is 0.147.